The molecule has 0 amide bonds. The van der Waals surface area contributed by atoms with E-state index in [0.29, 0.717) is 11.4 Å². The number of morpholine rings is 1. The third-order valence-corrected chi connectivity index (χ3v) is 5.71. The molecule has 7 heteroatoms. The Morgan fingerprint density at radius 2 is 2.04 bits per heavy atom. The molecule has 0 unspecified atom stereocenters. The van der Waals surface area contributed by atoms with Gasteiger partial charge in [0.05, 0.1) is 18.1 Å². The summed E-state index contributed by atoms with van der Waals surface area (Å²) in [6.45, 7) is 3.18. The van der Waals surface area contributed by atoms with Gasteiger partial charge in [0, 0.05) is 30.5 Å². The Bertz CT molecular complexity index is 804. The van der Waals surface area contributed by atoms with Crippen LogP contribution in [0.3, 0.4) is 0 Å². The number of hydrogen-bond acceptors (Lipinski definition) is 7. The predicted molar refractivity (Wildman–Crippen MR) is 94.1 cm³/mol. The fourth-order valence-electron chi connectivity index (χ4n) is 3.43. The minimum atomic E-state index is 0.342. The molecule has 3 heterocycles. The number of thiazole rings is 1. The van der Waals surface area contributed by atoms with Crippen LogP contribution in [0.25, 0.3) is 10.4 Å². The maximum absolute atomic E-state index is 9.60. The minimum Gasteiger partial charge on any atom is -0.383 e. The molecule has 0 atom stereocenters. The smallest absolute Gasteiger partial charge is 0.186 e. The molecule has 124 valence electrons. The lowest BCUT2D eigenvalue weighted by Gasteiger charge is -2.26. The highest BCUT2D eigenvalue weighted by atomic mass is 32.1. The molecule has 1 saturated heterocycles. The highest BCUT2D eigenvalue weighted by Gasteiger charge is 2.24. The van der Waals surface area contributed by atoms with Crippen molar-refractivity contribution < 1.29 is 4.74 Å². The van der Waals surface area contributed by atoms with E-state index < -0.39 is 0 Å². The van der Waals surface area contributed by atoms with Gasteiger partial charge in [0.2, 0.25) is 0 Å². The first kappa shape index (κ1) is 15.4. The van der Waals surface area contributed by atoms with Crippen LogP contribution in [0.5, 0.6) is 0 Å². The van der Waals surface area contributed by atoms with Crippen molar-refractivity contribution in [3.05, 3.63) is 23.0 Å². The van der Waals surface area contributed by atoms with Crippen molar-refractivity contribution in [3.63, 3.8) is 0 Å². The number of anilines is 2. The van der Waals surface area contributed by atoms with Gasteiger partial charge in [0.1, 0.15) is 17.5 Å². The molecule has 6 nitrogen and oxygen atoms in total. The van der Waals surface area contributed by atoms with E-state index in [-0.39, 0.29) is 0 Å². The van der Waals surface area contributed by atoms with Crippen LogP contribution < -0.4 is 10.6 Å². The zero-order valence-corrected chi connectivity index (χ0v) is 14.2. The second kappa shape index (κ2) is 6.38. The number of nitrogen functional groups attached to an aromatic ring is 1. The first-order valence-corrected chi connectivity index (χ1v) is 9.10. The van der Waals surface area contributed by atoms with E-state index in [9.17, 15) is 5.26 Å². The van der Waals surface area contributed by atoms with E-state index in [4.69, 9.17) is 10.5 Å². The van der Waals surface area contributed by atoms with E-state index in [0.717, 1.165) is 73.3 Å². The van der Waals surface area contributed by atoms with Gasteiger partial charge in [-0.3, -0.25) is 0 Å². The summed E-state index contributed by atoms with van der Waals surface area (Å²) in [7, 11) is 0. The maximum atomic E-state index is 9.60. The third-order valence-electron chi connectivity index (χ3n) is 4.64. The molecule has 4 rings (SSSR count). The zero-order chi connectivity index (χ0) is 16.5. The van der Waals surface area contributed by atoms with Crippen LogP contribution >= 0.6 is 11.3 Å². The molecule has 2 aromatic heterocycles. The fraction of sp³-hybridized carbons (Fsp3) is 0.471. The molecule has 1 aliphatic heterocycles. The molecule has 2 N–H and O–H groups in total. The highest BCUT2D eigenvalue weighted by molar-refractivity contribution is 7.19. The van der Waals surface area contributed by atoms with E-state index in [1.807, 2.05) is 6.20 Å². The van der Waals surface area contributed by atoms with Gasteiger partial charge in [-0.25, -0.2) is 9.97 Å². The lowest BCUT2D eigenvalue weighted by molar-refractivity contribution is 0.122. The Balaban J connectivity index is 1.80. The number of rotatable bonds is 2. The average molecular weight is 341 g/mol. The van der Waals surface area contributed by atoms with Gasteiger partial charge in [0.15, 0.2) is 5.13 Å². The summed E-state index contributed by atoms with van der Waals surface area (Å²) >= 11 is 1.63. The average Bonchev–Trinajstić information content (AvgIpc) is 3.11. The number of aromatic nitrogens is 2. The van der Waals surface area contributed by atoms with E-state index in [2.05, 4.69) is 20.9 Å². The predicted octanol–water partition coefficient (Wildman–Crippen LogP) is 2.37. The number of fused-ring (bicyclic) bond motifs is 1. The first-order valence-electron chi connectivity index (χ1n) is 8.28. The molecule has 0 aromatic carbocycles. The lowest BCUT2D eigenvalue weighted by Crippen LogP contribution is -2.36. The number of ether oxygens (including phenoxy) is 1. The summed E-state index contributed by atoms with van der Waals surface area (Å²) in [6.07, 6.45) is 6.03. The number of nitriles is 1. The van der Waals surface area contributed by atoms with Crippen LogP contribution in [0.15, 0.2) is 6.20 Å². The van der Waals surface area contributed by atoms with E-state index in [1.54, 1.807) is 11.3 Å². The third kappa shape index (κ3) is 2.62. The quantitative estimate of drug-likeness (QED) is 0.902. The Labute approximate surface area is 144 Å². The largest absolute Gasteiger partial charge is 0.383 e. The lowest BCUT2D eigenvalue weighted by atomic mass is 9.89. The van der Waals surface area contributed by atoms with Gasteiger partial charge < -0.3 is 15.4 Å². The molecular weight excluding hydrogens is 322 g/mol. The summed E-state index contributed by atoms with van der Waals surface area (Å²) in [4.78, 5) is 12.3. The molecule has 1 fully saturated rings. The van der Waals surface area contributed by atoms with Crippen LogP contribution in [0.4, 0.5) is 10.9 Å². The molecule has 1 aliphatic carbocycles. The Hall–Kier alpha value is -2.17. The van der Waals surface area contributed by atoms with Crippen molar-refractivity contribution in [2.24, 2.45) is 0 Å². The summed E-state index contributed by atoms with van der Waals surface area (Å²) < 4.78 is 5.41. The van der Waals surface area contributed by atoms with Crippen LogP contribution in [0.2, 0.25) is 0 Å². The van der Waals surface area contributed by atoms with Crippen LogP contribution in [-0.2, 0) is 17.6 Å². The Kier molecular flexibility index (Phi) is 4.08. The van der Waals surface area contributed by atoms with E-state index >= 15 is 0 Å². The number of pyridine rings is 1. The normalized spacial score (nSPS) is 17.4. The second-order valence-electron chi connectivity index (χ2n) is 6.10. The van der Waals surface area contributed by atoms with Crippen LogP contribution in [-0.4, -0.2) is 36.3 Å². The molecule has 2 aromatic rings. The van der Waals surface area contributed by atoms with Gasteiger partial charge in [-0.1, -0.05) is 11.3 Å². The van der Waals surface area contributed by atoms with Crippen molar-refractivity contribution in [3.8, 4) is 16.5 Å². The Morgan fingerprint density at radius 1 is 1.25 bits per heavy atom. The van der Waals surface area contributed by atoms with Gasteiger partial charge in [0.25, 0.3) is 0 Å². The second-order valence-corrected chi connectivity index (χ2v) is 7.11. The highest BCUT2D eigenvalue weighted by Crippen LogP contribution is 2.40. The number of aryl methyl sites for hydroxylation is 1. The van der Waals surface area contributed by atoms with Gasteiger partial charge in [-0.05, 0) is 31.2 Å². The monoisotopic (exact) mass is 341 g/mol. The number of hydrogen-bond donors (Lipinski definition) is 1. The fourth-order valence-corrected chi connectivity index (χ4v) is 4.48. The van der Waals surface area contributed by atoms with Crippen molar-refractivity contribution >= 4 is 22.3 Å². The topological polar surface area (TPSA) is 88.1 Å². The molecule has 0 saturated carbocycles. The molecule has 2 aliphatic rings. The molecule has 0 radical (unpaired) electrons. The summed E-state index contributed by atoms with van der Waals surface area (Å²) in [6, 6.07) is 2.26. The van der Waals surface area contributed by atoms with Crippen LogP contribution in [0, 0.1) is 11.3 Å². The number of nitrogens with two attached hydrogens (primary N) is 1. The van der Waals surface area contributed by atoms with E-state index in [1.165, 1.54) is 5.56 Å². The minimum absolute atomic E-state index is 0.342. The maximum Gasteiger partial charge on any atom is 0.186 e. The first-order chi connectivity index (χ1) is 11.8. The van der Waals surface area contributed by atoms with Crippen molar-refractivity contribution in [1.82, 2.24) is 9.97 Å². The van der Waals surface area contributed by atoms with Crippen molar-refractivity contribution in [1.29, 1.82) is 5.26 Å². The SMILES string of the molecule is N#Cc1c(N)nc2c(c1-c1cnc(N3CCOCC3)s1)CCCC2. The van der Waals surface area contributed by atoms with Gasteiger partial charge >= 0.3 is 0 Å². The van der Waals surface area contributed by atoms with Crippen LogP contribution in [0.1, 0.15) is 29.7 Å². The molecule has 0 spiro atoms. The summed E-state index contributed by atoms with van der Waals surface area (Å²) in [5, 5.41) is 10.6. The molecule has 0 bridgehead atoms. The van der Waals surface area contributed by atoms with Crippen molar-refractivity contribution in [2.45, 2.75) is 25.7 Å². The zero-order valence-electron chi connectivity index (χ0n) is 13.4. The van der Waals surface area contributed by atoms with Crippen molar-refractivity contribution in [2.75, 3.05) is 36.9 Å². The van der Waals surface area contributed by atoms with Gasteiger partial charge in [-0.2, -0.15) is 5.26 Å². The number of nitrogens with zero attached hydrogens (tertiary/aromatic N) is 4. The molecular formula is C17H19N5OS. The summed E-state index contributed by atoms with van der Waals surface area (Å²) in [5.74, 6) is 0.342. The van der Waals surface area contributed by atoms with Gasteiger partial charge in [-0.15, -0.1) is 0 Å². The summed E-state index contributed by atoms with van der Waals surface area (Å²) in [5.41, 5.74) is 9.75. The Morgan fingerprint density at radius 3 is 2.83 bits per heavy atom. The molecule has 24 heavy (non-hydrogen) atoms. The standard InChI is InChI=1S/C17H19N5OS/c18-9-12-15(11-3-1-2-4-13(11)21-16(12)19)14-10-20-17(24-14)22-5-7-23-8-6-22/h10H,1-8H2,(H2,19,21).